The van der Waals surface area contributed by atoms with Gasteiger partial charge in [0.25, 0.3) is 0 Å². The first-order valence-corrected chi connectivity index (χ1v) is 5.44. The minimum Gasteiger partial charge on any atom is -0.469 e. The van der Waals surface area contributed by atoms with Gasteiger partial charge in [-0.25, -0.2) is 0 Å². The topological polar surface area (TPSA) is 46.6 Å². The quantitative estimate of drug-likeness (QED) is 0.509. The van der Waals surface area contributed by atoms with E-state index in [1.54, 1.807) is 11.9 Å². The van der Waals surface area contributed by atoms with Gasteiger partial charge in [0, 0.05) is 13.6 Å². The predicted molar refractivity (Wildman–Crippen MR) is 56.2 cm³/mol. The molecule has 0 unspecified atom stereocenters. The van der Waals surface area contributed by atoms with Crippen molar-refractivity contribution in [3.8, 4) is 0 Å². The molecule has 4 nitrogen and oxygen atoms in total. The number of hydrogen-bond donors (Lipinski definition) is 0. The highest BCUT2D eigenvalue weighted by atomic mass is 16.5. The largest absolute Gasteiger partial charge is 0.469 e. The van der Waals surface area contributed by atoms with Crippen LogP contribution < -0.4 is 0 Å². The third-order valence-electron chi connectivity index (χ3n) is 3.05. The molecule has 0 saturated heterocycles. The number of esters is 1. The number of ether oxygens (including phenoxy) is 1. The van der Waals surface area contributed by atoms with Crippen molar-refractivity contribution in [1.29, 1.82) is 0 Å². The summed E-state index contributed by atoms with van der Waals surface area (Å²) in [6, 6.07) is 0. The monoisotopic (exact) mass is 213 g/mol. The molecule has 1 saturated carbocycles. The summed E-state index contributed by atoms with van der Waals surface area (Å²) in [5, 5.41) is 0. The highest BCUT2D eigenvalue weighted by Crippen LogP contribution is 2.29. The van der Waals surface area contributed by atoms with Gasteiger partial charge in [-0.1, -0.05) is 19.3 Å². The van der Waals surface area contributed by atoms with Crippen LogP contribution in [0.15, 0.2) is 0 Å². The average Bonchev–Trinajstić information content (AvgIpc) is 2.14. The number of amides is 1. The molecule has 0 aromatic heterocycles. The molecule has 0 aromatic rings. The molecular formula is C11H19NO3. The van der Waals surface area contributed by atoms with Crippen molar-refractivity contribution in [2.45, 2.75) is 32.1 Å². The molecule has 0 N–H and O–H groups in total. The Morgan fingerprint density at radius 3 is 2.53 bits per heavy atom. The zero-order valence-corrected chi connectivity index (χ0v) is 9.49. The maximum absolute atomic E-state index is 11.5. The SMILES string of the molecule is COC(=O)CC(=O)N(C)CCC1CCC1. The van der Waals surface area contributed by atoms with Crippen molar-refractivity contribution >= 4 is 11.9 Å². The molecule has 1 amide bonds. The molecule has 1 fully saturated rings. The molecule has 1 aliphatic rings. The lowest BCUT2D eigenvalue weighted by Crippen LogP contribution is -2.31. The molecule has 86 valence electrons. The van der Waals surface area contributed by atoms with E-state index in [0.29, 0.717) is 0 Å². The number of carbonyl (C=O) groups is 2. The van der Waals surface area contributed by atoms with Crippen molar-refractivity contribution in [3.63, 3.8) is 0 Å². The molecule has 0 heterocycles. The van der Waals surface area contributed by atoms with E-state index < -0.39 is 5.97 Å². The summed E-state index contributed by atoms with van der Waals surface area (Å²) in [5.41, 5.74) is 0. The number of nitrogens with zero attached hydrogens (tertiary/aromatic N) is 1. The van der Waals surface area contributed by atoms with E-state index in [2.05, 4.69) is 4.74 Å². The Balaban J connectivity index is 2.16. The number of methoxy groups -OCH3 is 1. The fourth-order valence-electron chi connectivity index (χ4n) is 1.61. The minimum absolute atomic E-state index is 0.141. The summed E-state index contributed by atoms with van der Waals surface area (Å²) in [6.45, 7) is 0.750. The van der Waals surface area contributed by atoms with E-state index in [9.17, 15) is 9.59 Å². The van der Waals surface area contributed by atoms with Gasteiger partial charge in [-0.15, -0.1) is 0 Å². The number of hydrogen-bond acceptors (Lipinski definition) is 3. The van der Waals surface area contributed by atoms with E-state index in [1.807, 2.05) is 0 Å². The van der Waals surface area contributed by atoms with Crippen LogP contribution in [-0.4, -0.2) is 37.5 Å². The summed E-state index contributed by atoms with van der Waals surface area (Å²) in [7, 11) is 3.04. The molecule has 0 aliphatic heterocycles. The molecule has 1 rings (SSSR count). The Morgan fingerprint density at radius 2 is 2.07 bits per heavy atom. The minimum atomic E-state index is -0.463. The summed E-state index contributed by atoms with van der Waals surface area (Å²) in [4.78, 5) is 23.9. The smallest absolute Gasteiger partial charge is 0.315 e. The average molecular weight is 213 g/mol. The van der Waals surface area contributed by atoms with Gasteiger partial charge in [-0.3, -0.25) is 9.59 Å². The van der Waals surface area contributed by atoms with Gasteiger partial charge in [0.15, 0.2) is 0 Å². The maximum atomic E-state index is 11.5. The van der Waals surface area contributed by atoms with E-state index in [-0.39, 0.29) is 12.3 Å². The molecule has 0 radical (unpaired) electrons. The molecule has 0 aromatic carbocycles. The lowest BCUT2D eigenvalue weighted by molar-refractivity contribution is -0.146. The van der Waals surface area contributed by atoms with Gasteiger partial charge >= 0.3 is 5.97 Å². The van der Waals surface area contributed by atoms with Crippen molar-refractivity contribution in [2.75, 3.05) is 20.7 Å². The van der Waals surface area contributed by atoms with Crippen LogP contribution in [0.5, 0.6) is 0 Å². The highest BCUT2D eigenvalue weighted by molar-refractivity contribution is 5.94. The third kappa shape index (κ3) is 3.90. The summed E-state index contributed by atoms with van der Waals surface area (Å²) < 4.78 is 4.44. The fourth-order valence-corrected chi connectivity index (χ4v) is 1.61. The summed E-state index contributed by atoms with van der Waals surface area (Å²) in [6.07, 6.45) is 4.82. The molecule has 4 heteroatoms. The van der Waals surface area contributed by atoms with Crippen LogP contribution in [0.3, 0.4) is 0 Å². The van der Waals surface area contributed by atoms with Crippen LogP contribution in [0, 0.1) is 5.92 Å². The molecule has 15 heavy (non-hydrogen) atoms. The zero-order chi connectivity index (χ0) is 11.3. The molecule has 0 bridgehead atoms. The van der Waals surface area contributed by atoms with E-state index in [4.69, 9.17) is 0 Å². The van der Waals surface area contributed by atoms with E-state index in [1.165, 1.54) is 26.4 Å². The first-order chi connectivity index (χ1) is 7.13. The lowest BCUT2D eigenvalue weighted by Gasteiger charge is -2.27. The van der Waals surface area contributed by atoms with Gasteiger partial charge in [-0.2, -0.15) is 0 Å². The Hall–Kier alpha value is -1.06. The second kappa shape index (κ2) is 5.73. The van der Waals surface area contributed by atoms with Crippen molar-refractivity contribution in [2.24, 2.45) is 5.92 Å². The Morgan fingerprint density at radius 1 is 1.40 bits per heavy atom. The van der Waals surface area contributed by atoms with Crippen LogP contribution in [0.1, 0.15) is 32.1 Å². The van der Waals surface area contributed by atoms with Crippen LogP contribution in [-0.2, 0) is 14.3 Å². The molecular weight excluding hydrogens is 194 g/mol. The van der Waals surface area contributed by atoms with Gasteiger partial charge in [0.2, 0.25) is 5.91 Å². The summed E-state index contributed by atoms with van der Waals surface area (Å²) >= 11 is 0. The number of rotatable bonds is 5. The molecule has 0 atom stereocenters. The van der Waals surface area contributed by atoms with Gasteiger partial charge < -0.3 is 9.64 Å². The van der Waals surface area contributed by atoms with E-state index >= 15 is 0 Å². The van der Waals surface area contributed by atoms with Crippen LogP contribution in [0.4, 0.5) is 0 Å². The van der Waals surface area contributed by atoms with Crippen LogP contribution in [0.25, 0.3) is 0 Å². The third-order valence-corrected chi connectivity index (χ3v) is 3.05. The maximum Gasteiger partial charge on any atom is 0.315 e. The first kappa shape index (κ1) is 12.0. The first-order valence-electron chi connectivity index (χ1n) is 5.44. The lowest BCUT2D eigenvalue weighted by atomic mass is 9.83. The zero-order valence-electron chi connectivity index (χ0n) is 9.49. The van der Waals surface area contributed by atoms with Gasteiger partial charge in [-0.05, 0) is 12.3 Å². The van der Waals surface area contributed by atoms with Crippen molar-refractivity contribution in [3.05, 3.63) is 0 Å². The van der Waals surface area contributed by atoms with E-state index in [0.717, 1.165) is 18.9 Å². The Kier molecular flexibility index (Phi) is 4.59. The second-order valence-electron chi connectivity index (χ2n) is 4.15. The van der Waals surface area contributed by atoms with Crippen molar-refractivity contribution < 1.29 is 14.3 Å². The van der Waals surface area contributed by atoms with Crippen molar-refractivity contribution in [1.82, 2.24) is 4.90 Å². The van der Waals surface area contributed by atoms with Gasteiger partial charge in [0.1, 0.15) is 6.42 Å². The normalized spacial score (nSPS) is 15.6. The fraction of sp³-hybridized carbons (Fsp3) is 0.818. The second-order valence-corrected chi connectivity index (χ2v) is 4.15. The standard InChI is InChI=1S/C11H19NO3/c1-12(7-6-9-4-3-5-9)10(13)8-11(14)15-2/h9H,3-8H2,1-2H3. The molecule has 1 aliphatic carbocycles. The predicted octanol–water partition coefficient (Wildman–Crippen LogP) is 1.20. The van der Waals surface area contributed by atoms with Crippen LogP contribution >= 0.6 is 0 Å². The number of carbonyl (C=O) groups excluding carboxylic acids is 2. The van der Waals surface area contributed by atoms with Gasteiger partial charge in [0.05, 0.1) is 7.11 Å². The Labute approximate surface area is 90.6 Å². The summed E-state index contributed by atoms with van der Waals surface area (Å²) in [5.74, 6) is 0.176. The molecule has 0 spiro atoms. The Bertz CT molecular complexity index is 236. The van der Waals surface area contributed by atoms with Crippen LogP contribution in [0.2, 0.25) is 0 Å². The highest BCUT2D eigenvalue weighted by Gasteiger charge is 2.19.